The van der Waals surface area contributed by atoms with Crippen LogP contribution in [0.4, 0.5) is 0 Å². The lowest BCUT2D eigenvalue weighted by Crippen LogP contribution is -2.56. The minimum atomic E-state index is -0.215. The number of carbonyl (C=O) groups is 1. The van der Waals surface area contributed by atoms with Gasteiger partial charge in [-0.05, 0) is 12.1 Å². The summed E-state index contributed by atoms with van der Waals surface area (Å²) in [4.78, 5) is 10.8. The first kappa shape index (κ1) is 7.12. The number of rotatable bonds is 1. The van der Waals surface area contributed by atoms with Crippen molar-refractivity contribution >= 4 is 5.91 Å². The third-order valence-corrected chi connectivity index (χ3v) is 1.69. The highest BCUT2D eigenvalue weighted by molar-refractivity contribution is 5.86. The van der Waals surface area contributed by atoms with Gasteiger partial charge in [0.05, 0.1) is 5.56 Å². The van der Waals surface area contributed by atoms with Crippen LogP contribution in [0.2, 0.25) is 0 Å². The quantitative estimate of drug-likeness (QED) is 0.628. The third-order valence-electron chi connectivity index (χ3n) is 1.69. The zero-order valence-electron chi connectivity index (χ0n) is 6.37. The van der Waals surface area contributed by atoms with Crippen molar-refractivity contribution in [2.75, 3.05) is 6.79 Å². The molecule has 2 rings (SSSR count). The molecule has 4 nitrogen and oxygen atoms in total. The van der Waals surface area contributed by atoms with E-state index in [-0.39, 0.29) is 12.7 Å². The maximum Gasteiger partial charge on any atom is 0.341 e. The van der Waals surface area contributed by atoms with Crippen LogP contribution in [0.25, 0.3) is 0 Å². The minimum Gasteiger partial charge on any atom is -0.454 e. The summed E-state index contributed by atoms with van der Waals surface area (Å²) in [5.41, 5.74) is 3.84. The van der Waals surface area contributed by atoms with Gasteiger partial charge in [0.1, 0.15) is 0 Å². The number of hydrogen-bond acceptors (Lipinski definition) is 3. The highest BCUT2D eigenvalue weighted by Crippen LogP contribution is 2.32. The zero-order valence-corrected chi connectivity index (χ0v) is 6.37. The van der Waals surface area contributed by atoms with E-state index in [0.717, 1.165) is 0 Å². The van der Waals surface area contributed by atoms with E-state index in [1.54, 1.807) is 18.2 Å². The molecule has 1 aliphatic heterocycles. The van der Waals surface area contributed by atoms with E-state index < -0.39 is 0 Å². The standard InChI is InChI=1S/C8H7NO3/c9-8(10)5-1-2-6-7(3-5)12-4-11-6/h1-3H,4H2,(H2,9,10)/p+1. The lowest BCUT2D eigenvalue weighted by atomic mass is 10.2. The van der Waals surface area contributed by atoms with Crippen LogP contribution in [-0.2, 0) is 0 Å². The van der Waals surface area contributed by atoms with Crippen molar-refractivity contribution in [2.45, 2.75) is 0 Å². The van der Waals surface area contributed by atoms with Gasteiger partial charge >= 0.3 is 5.91 Å². The molecule has 12 heavy (non-hydrogen) atoms. The molecule has 0 radical (unpaired) electrons. The van der Waals surface area contributed by atoms with Crippen molar-refractivity contribution in [1.82, 2.24) is 0 Å². The lowest BCUT2D eigenvalue weighted by Gasteiger charge is -1.95. The van der Waals surface area contributed by atoms with E-state index in [1.165, 1.54) is 0 Å². The highest BCUT2D eigenvalue weighted by Gasteiger charge is 2.15. The molecule has 0 aromatic heterocycles. The molecule has 1 amide bonds. The van der Waals surface area contributed by atoms with E-state index in [2.05, 4.69) is 5.73 Å². The van der Waals surface area contributed by atoms with Gasteiger partial charge in [0.15, 0.2) is 11.5 Å². The van der Waals surface area contributed by atoms with Gasteiger partial charge in [0, 0.05) is 6.07 Å². The number of carbonyl (C=O) groups excluding carboxylic acids is 1. The fraction of sp³-hybridized carbons (Fsp3) is 0.125. The smallest absolute Gasteiger partial charge is 0.341 e. The van der Waals surface area contributed by atoms with E-state index in [0.29, 0.717) is 17.1 Å². The third kappa shape index (κ3) is 1.02. The summed E-state index contributed by atoms with van der Waals surface area (Å²) in [6.07, 6.45) is 0. The molecule has 0 aliphatic carbocycles. The van der Waals surface area contributed by atoms with E-state index >= 15 is 0 Å². The summed E-state index contributed by atoms with van der Waals surface area (Å²) >= 11 is 0. The van der Waals surface area contributed by atoms with Crippen LogP contribution in [0, 0.1) is 0 Å². The van der Waals surface area contributed by atoms with E-state index in [9.17, 15) is 4.79 Å². The Morgan fingerprint density at radius 2 is 2.08 bits per heavy atom. The molecular formula is C8H8NO3+. The lowest BCUT2D eigenvalue weighted by molar-refractivity contribution is -0.255. The first-order valence-electron chi connectivity index (χ1n) is 3.53. The zero-order chi connectivity index (χ0) is 8.55. The summed E-state index contributed by atoms with van der Waals surface area (Å²) in [6, 6.07) is 5.02. The number of ether oxygens (including phenoxy) is 2. The highest BCUT2D eigenvalue weighted by atomic mass is 16.7. The Morgan fingerprint density at radius 3 is 2.83 bits per heavy atom. The average molecular weight is 166 g/mol. The van der Waals surface area contributed by atoms with Gasteiger partial charge in [-0.2, -0.15) is 0 Å². The molecule has 0 bridgehead atoms. The van der Waals surface area contributed by atoms with Gasteiger partial charge in [-0.25, -0.2) is 4.79 Å². The normalized spacial score (nSPS) is 13.1. The molecule has 3 N–H and O–H groups in total. The maximum atomic E-state index is 10.8. The first-order chi connectivity index (χ1) is 5.77. The molecule has 0 unspecified atom stereocenters. The maximum absolute atomic E-state index is 10.8. The molecule has 0 saturated heterocycles. The molecule has 4 heteroatoms. The van der Waals surface area contributed by atoms with Gasteiger partial charge in [-0.15, -0.1) is 0 Å². The van der Waals surface area contributed by atoms with Gasteiger partial charge in [-0.1, -0.05) is 0 Å². The van der Waals surface area contributed by atoms with Crippen LogP contribution in [0.3, 0.4) is 0 Å². The largest absolute Gasteiger partial charge is 0.454 e. The van der Waals surface area contributed by atoms with Crippen molar-refractivity contribution < 1.29 is 20.0 Å². The van der Waals surface area contributed by atoms with E-state index in [1.807, 2.05) is 0 Å². The molecule has 62 valence electrons. The summed E-state index contributed by atoms with van der Waals surface area (Å²) in [5, 5.41) is 0. The predicted molar refractivity (Wildman–Crippen MR) is 39.8 cm³/mol. The van der Waals surface area contributed by atoms with Gasteiger partial charge in [0.2, 0.25) is 6.79 Å². The molecule has 1 heterocycles. The number of benzene rings is 1. The minimum absolute atomic E-state index is 0.215. The Labute approximate surface area is 68.9 Å². The summed E-state index contributed by atoms with van der Waals surface area (Å²) in [6.45, 7) is 0.226. The Balaban J connectivity index is 2.45. The summed E-state index contributed by atoms with van der Waals surface area (Å²) in [5.74, 6) is 1.08. The van der Waals surface area contributed by atoms with Crippen molar-refractivity contribution in [2.24, 2.45) is 0 Å². The van der Waals surface area contributed by atoms with Crippen LogP contribution in [0.1, 0.15) is 10.4 Å². The van der Waals surface area contributed by atoms with Crippen LogP contribution in [0.15, 0.2) is 18.2 Å². The van der Waals surface area contributed by atoms with Crippen LogP contribution in [0.5, 0.6) is 11.5 Å². The SMILES string of the molecule is [NH3+]C(=O)c1ccc2c(c1)OCO2. The Morgan fingerprint density at radius 1 is 1.33 bits per heavy atom. The van der Waals surface area contributed by atoms with Crippen molar-refractivity contribution in [3.05, 3.63) is 23.8 Å². The number of fused-ring (bicyclic) bond motifs is 1. The monoisotopic (exact) mass is 166 g/mol. The number of amides is 1. The van der Waals surface area contributed by atoms with Crippen molar-refractivity contribution in [3.63, 3.8) is 0 Å². The summed E-state index contributed by atoms with van der Waals surface area (Å²) < 4.78 is 10.2. The van der Waals surface area contributed by atoms with Gasteiger partial charge < -0.3 is 9.47 Å². The van der Waals surface area contributed by atoms with Gasteiger partial charge in [0.25, 0.3) is 0 Å². The fourth-order valence-corrected chi connectivity index (χ4v) is 1.07. The van der Waals surface area contributed by atoms with E-state index in [4.69, 9.17) is 9.47 Å². The Hall–Kier alpha value is -1.55. The molecular weight excluding hydrogens is 158 g/mol. The first-order valence-corrected chi connectivity index (χ1v) is 3.53. The molecule has 0 fully saturated rings. The number of hydrogen-bond donors (Lipinski definition) is 1. The van der Waals surface area contributed by atoms with Crippen LogP contribution in [-0.4, -0.2) is 12.7 Å². The number of quaternary nitrogens is 1. The second-order valence-corrected chi connectivity index (χ2v) is 2.49. The molecule has 0 spiro atoms. The van der Waals surface area contributed by atoms with Crippen molar-refractivity contribution in [1.29, 1.82) is 0 Å². The Bertz CT molecular complexity index is 335. The fourth-order valence-electron chi connectivity index (χ4n) is 1.07. The second kappa shape index (κ2) is 2.49. The molecule has 1 aromatic rings. The van der Waals surface area contributed by atoms with Gasteiger partial charge in [-0.3, -0.25) is 5.73 Å². The second-order valence-electron chi connectivity index (χ2n) is 2.49. The van der Waals surface area contributed by atoms with Crippen molar-refractivity contribution in [3.8, 4) is 11.5 Å². The summed E-state index contributed by atoms with van der Waals surface area (Å²) in [7, 11) is 0. The average Bonchev–Trinajstić information content (AvgIpc) is 2.49. The van der Waals surface area contributed by atoms with Crippen LogP contribution >= 0.6 is 0 Å². The Kier molecular flexibility index (Phi) is 1.48. The molecule has 0 atom stereocenters. The topological polar surface area (TPSA) is 63.2 Å². The van der Waals surface area contributed by atoms with Crippen LogP contribution < -0.4 is 15.2 Å². The molecule has 1 aromatic carbocycles. The molecule has 0 saturated carbocycles. The predicted octanol–water partition coefficient (Wildman–Crippen LogP) is -0.203. The molecule has 1 aliphatic rings.